The zero-order valence-electron chi connectivity index (χ0n) is 11.0. The van der Waals surface area contributed by atoms with E-state index in [1.54, 1.807) is 0 Å². The molecule has 0 aliphatic heterocycles. The molecule has 1 aromatic rings. The molecule has 1 fully saturated rings. The molecule has 0 amide bonds. The van der Waals surface area contributed by atoms with Crippen molar-refractivity contribution in [3.8, 4) is 5.75 Å². The lowest BCUT2D eigenvalue weighted by atomic mass is 9.80. The number of hydrogen-bond donors (Lipinski definition) is 2. The van der Waals surface area contributed by atoms with E-state index in [1.165, 1.54) is 5.56 Å². The number of nitrogens with two attached hydrogens (primary N) is 1. The van der Waals surface area contributed by atoms with Gasteiger partial charge in [0.05, 0.1) is 12.7 Å². The van der Waals surface area contributed by atoms with E-state index in [4.69, 9.17) is 10.5 Å². The first-order valence-corrected chi connectivity index (χ1v) is 6.87. The van der Waals surface area contributed by atoms with E-state index < -0.39 is 0 Å². The van der Waals surface area contributed by atoms with Crippen molar-refractivity contribution in [2.45, 2.75) is 44.8 Å². The molecular weight excluding hydrogens is 226 g/mol. The van der Waals surface area contributed by atoms with Crippen molar-refractivity contribution < 1.29 is 9.84 Å². The van der Waals surface area contributed by atoms with Gasteiger partial charge >= 0.3 is 0 Å². The van der Waals surface area contributed by atoms with Gasteiger partial charge in [-0.05, 0) is 56.2 Å². The molecule has 0 bridgehead atoms. The van der Waals surface area contributed by atoms with Crippen LogP contribution in [0, 0.1) is 5.92 Å². The molecule has 0 aromatic heterocycles. The lowest BCUT2D eigenvalue weighted by Crippen LogP contribution is -2.27. The molecule has 3 N–H and O–H groups in total. The molecule has 0 saturated heterocycles. The minimum absolute atomic E-state index is 0.0770. The highest BCUT2D eigenvalue weighted by molar-refractivity contribution is 5.29. The summed E-state index contributed by atoms with van der Waals surface area (Å²) in [5.41, 5.74) is 7.48. The van der Waals surface area contributed by atoms with Crippen LogP contribution >= 0.6 is 0 Å². The molecule has 1 saturated carbocycles. The Labute approximate surface area is 109 Å². The van der Waals surface area contributed by atoms with Crippen molar-refractivity contribution in [3.63, 3.8) is 0 Å². The minimum Gasteiger partial charge on any atom is -0.494 e. The molecule has 0 spiro atoms. The molecule has 1 aliphatic rings. The lowest BCUT2D eigenvalue weighted by molar-refractivity contribution is 0.102. The first kappa shape index (κ1) is 13.4. The summed E-state index contributed by atoms with van der Waals surface area (Å²) in [6.07, 6.45) is 3.70. The molecule has 1 unspecified atom stereocenters. The van der Waals surface area contributed by atoms with E-state index >= 15 is 0 Å². The van der Waals surface area contributed by atoms with Crippen molar-refractivity contribution >= 4 is 0 Å². The van der Waals surface area contributed by atoms with Crippen LogP contribution in [0.4, 0.5) is 0 Å². The maximum Gasteiger partial charge on any atom is 0.119 e. The fourth-order valence-electron chi connectivity index (χ4n) is 2.69. The van der Waals surface area contributed by atoms with Gasteiger partial charge < -0.3 is 15.6 Å². The Kier molecular flexibility index (Phi) is 4.61. The van der Waals surface area contributed by atoms with Crippen molar-refractivity contribution in [2.75, 3.05) is 6.61 Å². The van der Waals surface area contributed by atoms with Crippen LogP contribution in [0.15, 0.2) is 24.3 Å². The third kappa shape index (κ3) is 3.24. The normalized spacial score (nSPS) is 25.7. The largest absolute Gasteiger partial charge is 0.494 e. The topological polar surface area (TPSA) is 55.5 Å². The highest BCUT2D eigenvalue weighted by atomic mass is 16.5. The van der Waals surface area contributed by atoms with Crippen molar-refractivity contribution in [1.82, 2.24) is 0 Å². The third-order valence-electron chi connectivity index (χ3n) is 3.83. The van der Waals surface area contributed by atoms with Gasteiger partial charge in [-0.15, -0.1) is 0 Å². The molecule has 3 nitrogen and oxygen atoms in total. The second-order valence-electron chi connectivity index (χ2n) is 5.10. The predicted molar refractivity (Wildman–Crippen MR) is 72.5 cm³/mol. The van der Waals surface area contributed by atoms with Gasteiger partial charge in [-0.3, -0.25) is 0 Å². The molecule has 2 rings (SSSR count). The standard InChI is InChI=1S/C15H23NO2/c1-2-18-14-9-5-12(6-10-14)15(16)11-3-7-13(17)8-4-11/h5-6,9-11,13,15,17H,2-4,7-8,16H2,1H3. The van der Waals surface area contributed by atoms with Crippen LogP contribution < -0.4 is 10.5 Å². The van der Waals surface area contributed by atoms with Crippen LogP contribution in [0.3, 0.4) is 0 Å². The Bertz CT molecular complexity index is 355. The van der Waals surface area contributed by atoms with Gasteiger partial charge in [0, 0.05) is 6.04 Å². The Morgan fingerprint density at radius 2 is 1.83 bits per heavy atom. The van der Waals surface area contributed by atoms with Crippen molar-refractivity contribution in [3.05, 3.63) is 29.8 Å². The summed E-state index contributed by atoms with van der Waals surface area (Å²) < 4.78 is 5.43. The van der Waals surface area contributed by atoms with Gasteiger partial charge in [0.1, 0.15) is 5.75 Å². The van der Waals surface area contributed by atoms with Gasteiger partial charge in [0.15, 0.2) is 0 Å². The molecule has 1 aromatic carbocycles. The fraction of sp³-hybridized carbons (Fsp3) is 0.600. The van der Waals surface area contributed by atoms with Crippen LogP contribution in [0.5, 0.6) is 5.75 Å². The molecule has 3 heteroatoms. The van der Waals surface area contributed by atoms with E-state index in [0.29, 0.717) is 12.5 Å². The summed E-state index contributed by atoms with van der Waals surface area (Å²) in [4.78, 5) is 0. The van der Waals surface area contributed by atoms with E-state index in [-0.39, 0.29) is 12.1 Å². The number of benzene rings is 1. The first-order valence-electron chi connectivity index (χ1n) is 6.87. The van der Waals surface area contributed by atoms with Crippen LogP contribution in [-0.4, -0.2) is 17.8 Å². The summed E-state index contributed by atoms with van der Waals surface area (Å²) in [6, 6.07) is 8.15. The molecule has 18 heavy (non-hydrogen) atoms. The van der Waals surface area contributed by atoms with Gasteiger partial charge in [0.2, 0.25) is 0 Å². The van der Waals surface area contributed by atoms with E-state index in [9.17, 15) is 5.11 Å². The molecule has 1 atom stereocenters. The number of ether oxygens (including phenoxy) is 1. The fourth-order valence-corrected chi connectivity index (χ4v) is 2.69. The van der Waals surface area contributed by atoms with Crippen molar-refractivity contribution in [1.29, 1.82) is 0 Å². The lowest BCUT2D eigenvalue weighted by Gasteiger charge is -2.30. The minimum atomic E-state index is -0.117. The molecule has 0 heterocycles. The Balaban J connectivity index is 1.97. The van der Waals surface area contributed by atoms with Crippen LogP contribution in [0.1, 0.15) is 44.2 Å². The summed E-state index contributed by atoms with van der Waals surface area (Å²) in [5.74, 6) is 1.39. The SMILES string of the molecule is CCOc1ccc(C(N)C2CCC(O)CC2)cc1. The summed E-state index contributed by atoms with van der Waals surface area (Å²) >= 11 is 0. The van der Waals surface area contributed by atoms with E-state index in [0.717, 1.165) is 31.4 Å². The zero-order valence-corrected chi connectivity index (χ0v) is 11.0. The Hall–Kier alpha value is -1.06. The van der Waals surface area contributed by atoms with Crippen LogP contribution in [0.25, 0.3) is 0 Å². The van der Waals surface area contributed by atoms with Crippen molar-refractivity contribution in [2.24, 2.45) is 11.7 Å². The second-order valence-corrected chi connectivity index (χ2v) is 5.10. The van der Waals surface area contributed by atoms with Gasteiger partial charge in [0.25, 0.3) is 0 Å². The maximum absolute atomic E-state index is 9.52. The molecule has 0 radical (unpaired) electrons. The third-order valence-corrected chi connectivity index (χ3v) is 3.83. The number of rotatable bonds is 4. The summed E-state index contributed by atoms with van der Waals surface area (Å²) in [7, 11) is 0. The Morgan fingerprint density at radius 3 is 2.39 bits per heavy atom. The van der Waals surface area contributed by atoms with Gasteiger partial charge in [-0.25, -0.2) is 0 Å². The highest BCUT2D eigenvalue weighted by Crippen LogP contribution is 2.33. The zero-order chi connectivity index (χ0) is 13.0. The highest BCUT2D eigenvalue weighted by Gasteiger charge is 2.25. The molecule has 1 aliphatic carbocycles. The number of aliphatic hydroxyl groups is 1. The maximum atomic E-state index is 9.52. The number of hydrogen-bond acceptors (Lipinski definition) is 3. The average Bonchev–Trinajstić information content (AvgIpc) is 2.40. The van der Waals surface area contributed by atoms with Gasteiger partial charge in [-0.2, -0.15) is 0 Å². The predicted octanol–water partition coefficient (Wildman–Crippen LogP) is 2.64. The Morgan fingerprint density at radius 1 is 1.22 bits per heavy atom. The first-order chi connectivity index (χ1) is 8.70. The van der Waals surface area contributed by atoms with Gasteiger partial charge in [-0.1, -0.05) is 12.1 Å². The quantitative estimate of drug-likeness (QED) is 0.862. The summed E-state index contributed by atoms with van der Waals surface area (Å²) in [6.45, 7) is 2.67. The monoisotopic (exact) mass is 249 g/mol. The second kappa shape index (κ2) is 6.21. The van der Waals surface area contributed by atoms with E-state index in [1.807, 2.05) is 19.1 Å². The van der Waals surface area contributed by atoms with E-state index in [2.05, 4.69) is 12.1 Å². The molecule has 100 valence electrons. The smallest absolute Gasteiger partial charge is 0.119 e. The van der Waals surface area contributed by atoms with Crippen LogP contribution in [0.2, 0.25) is 0 Å². The van der Waals surface area contributed by atoms with Crippen LogP contribution in [-0.2, 0) is 0 Å². The molecular formula is C15H23NO2. The number of aliphatic hydroxyl groups excluding tert-OH is 1. The average molecular weight is 249 g/mol. The summed E-state index contributed by atoms with van der Waals surface area (Å²) in [5, 5.41) is 9.52.